The van der Waals surface area contributed by atoms with E-state index in [0.717, 1.165) is 42.4 Å². The molecule has 186 valence electrons. The Balaban J connectivity index is 1.98. The van der Waals surface area contributed by atoms with Gasteiger partial charge in [-0.05, 0) is 70.1 Å². The predicted octanol–water partition coefficient (Wildman–Crippen LogP) is 6.66. The van der Waals surface area contributed by atoms with E-state index in [2.05, 4.69) is 0 Å². The molecule has 1 saturated heterocycles. The number of halogens is 1. The Kier molecular flexibility index (Phi) is 9.02. The number of carbonyl (C=O) groups excluding carboxylic acids is 1. The molecule has 0 bridgehead atoms. The Morgan fingerprint density at radius 1 is 1.09 bits per heavy atom. The molecule has 5 nitrogen and oxygen atoms in total. The lowest BCUT2D eigenvalue weighted by molar-refractivity contribution is -0.0638. The third-order valence-electron chi connectivity index (χ3n) is 6.46. The summed E-state index contributed by atoms with van der Waals surface area (Å²) >= 11 is 6.57. The molecule has 0 saturated carbocycles. The predicted molar refractivity (Wildman–Crippen MR) is 137 cm³/mol. The molecule has 0 radical (unpaired) electrons. The third-order valence-corrected chi connectivity index (χ3v) is 6.79. The van der Waals surface area contributed by atoms with E-state index >= 15 is 0 Å². The Morgan fingerprint density at radius 2 is 1.76 bits per heavy atom. The van der Waals surface area contributed by atoms with E-state index in [1.807, 2.05) is 69.3 Å². The fraction of sp³-hybridized carbons (Fsp3) is 0.536. The second-order valence-electron chi connectivity index (χ2n) is 10.2. The van der Waals surface area contributed by atoms with Crippen LogP contribution in [0.2, 0.25) is 5.02 Å². The van der Waals surface area contributed by atoms with Crippen molar-refractivity contribution in [1.82, 2.24) is 4.90 Å². The van der Waals surface area contributed by atoms with E-state index in [1.165, 1.54) is 0 Å². The van der Waals surface area contributed by atoms with E-state index in [9.17, 15) is 9.90 Å². The maximum absolute atomic E-state index is 12.8. The van der Waals surface area contributed by atoms with Gasteiger partial charge in [-0.15, -0.1) is 0 Å². The van der Waals surface area contributed by atoms with Gasteiger partial charge in [0.1, 0.15) is 5.60 Å². The average molecular weight is 488 g/mol. The molecule has 0 spiro atoms. The standard InChI is InChI=1S/C28H38ClNO4/c1-27(2,3)34-26(31)30-18-11-12-21(20-30)28(32,17-9-10-19-33-4)24-15-7-5-13-22(24)23-14-6-8-16-25(23)29/h5-8,13-16,21,32H,9-12,17-20H2,1-4H3/t21-,28?/m1/s1. The van der Waals surface area contributed by atoms with Gasteiger partial charge in [0.25, 0.3) is 0 Å². The first-order valence-electron chi connectivity index (χ1n) is 12.2. The number of carbonyl (C=O) groups is 1. The molecule has 34 heavy (non-hydrogen) atoms. The van der Waals surface area contributed by atoms with Gasteiger partial charge in [-0.25, -0.2) is 4.79 Å². The van der Waals surface area contributed by atoms with Crippen LogP contribution in [-0.4, -0.2) is 48.5 Å². The van der Waals surface area contributed by atoms with Gasteiger partial charge in [0.05, 0.1) is 5.60 Å². The van der Waals surface area contributed by atoms with Gasteiger partial charge < -0.3 is 19.5 Å². The number of unbranched alkanes of at least 4 members (excludes halogenated alkanes) is 1. The molecule has 1 N–H and O–H groups in total. The SMILES string of the molecule is COCCCCC(O)(c1ccccc1-c1ccccc1Cl)[C@@H]1CCCN(C(=O)OC(C)(C)C)C1. The first kappa shape index (κ1) is 26.5. The van der Waals surface area contributed by atoms with Crippen LogP contribution in [0.1, 0.15) is 58.4 Å². The van der Waals surface area contributed by atoms with E-state index in [1.54, 1.807) is 12.0 Å². The fourth-order valence-corrected chi connectivity index (χ4v) is 5.07. The Morgan fingerprint density at radius 3 is 2.44 bits per heavy atom. The van der Waals surface area contributed by atoms with Crippen LogP contribution in [-0.2, 0) is 15.1 Å². The van der Waals surface area contributed by atoms with Crippen molar-refractivity contribution in [2.75, 3.05) is 26.8 Å². The second kappa shape index (κ2) is 11.6. The van der Waals surface area contributed by atoms with Crippen LogP contribution in [0.25, 0.3) is 11.1 Å². The number of hydrogen-bond donors (Lipinski definition) is 1. The topological polar surface area (TPSA) is 59.0 Å². The summed E-state index contributed by atoms with van der Waals surface area (Å²) in [4.78, 5) is 14.6. The first-order chi connectivity index (χ1) is 16.2. The zero-order valence-electron chi connectivity index (χ0n) is 20.9. The van der Waals surface area contributed by atoms with Crippen molar-refractivity contribution < 1.29 is 19.4 Å². The van der Waals surface area contributed by atoms with Crippen molar-refractivity contribution in [2.24, 2.45) is 5.92 Å². The minimum absolute atomic E-state index is 0.125. The molecular weight excluding hydrogens is 450 g/mol. The van der Waals surface area contributed by atoms with E-state index in [4.69, 9.17) is 21.1 Å². The largest absolute Gasteiger partial charge is 0.444 e. The highest BCUT2D eigenvalue weighted by molar-refractivity contribution is 6.33. The van der Waals surface area contributed by atoms with Crippen LogP contribution in [0.15, 0.2) is 48.5 Å². The second-order valence-corrected chi connectivity index (χ2v) is 10.6. The highest BCUT2D eigenvalue weighted by Gasteiger charge is 2.43. The summed E-state index contributed by atoms with van der Waals surface area (Å²) in [6, 6.07) is 15.7. The lowest BCUT2D eigenvalue weighted by Gasteiger charge is -2.43. The number of hydrogen-bond acceptors (Lipinski definition) is 4. The van der Waals surface area contributed by atoms with Gasteiger partial charge in [-0.1, -0.05) is 54.1 Å². The lowest BCUT2D eigenvalue weighted by Crippen LogP contribution is -2.49. The molecule has 0 aliphatic carbocycles. The zero-order valence-corrected chi connectivity index (χ0v) is 21.6. The van der Waals surface area contributed by atoms with Crippen molar-refractivity contribution in [3.8, 4) is 11.1 Å². The number of amides is 1. The van der Waals surface area contributed by atoms with Crippen LogP contribution < -0.4 is 0 Å². The summed E-state index contributed by atoms with van der Waals surface area (Å²) in [5.74, 6) is -0.125. The number of ether oxygens (including phenoxy) is 2. The molecule has 1 aliphatic rings. The lowest BCUT2D eigenvalue weighted by atomic mass is 9.72. The minimum atomic E-state index is -1.12. The van der Waals surface area contributed by atoms with Gasteiger partial charge in [0, 0.05) is 43.3 Å². The normalized spacial score (nSPS) is 18.4. The molecule has 1 amide bonds. The summed E-state index contributed by atoms with van der Waals surface area (Å²) in [6.45, 7) is 7.36. The average Bonchev–Trinajstić information content (AvgIpc) is 2.81. The van der Waals surface area contributed by atoms with Crippen LogP contribution >= 0.6 is 11.6 Å². The summed E-state index contributed by atoms with van der Waals surface area (Å²) < 4.78 is 10.9. The number of benzene rings is 2. The zero-order chi connectivity index (χ0) is 24.8. The van der Waals surface area contributed by atoms with Crippen LogP contribution in [0.3, 0.4) is 0 Å². The van der Waals surface area contributed by atoms with E-state index in [-0.39, 0.29) is 12.0 Å². The smallest absolute Gasteiger partial charge is 0.410 e. The molecule has 1 aliphatic heterocycles. The molecule has 1 heterocycles. The summed E-state index contributed by atoms with van der Waals surface area (Å²) in [5, 5.41) is 13.1. The van der Waals surface area contributed by atoms with Crippen molar-refractivity contribution >= 4 is 17.7 Å². The number of likely N-dealkylation sites (tertiary alicyclic amines) is 1. The molecule has 1 unspecified atom stereocenters. The maximum atomic E-state index is 12.8. The number of piperidine rings is 1. The maximum Gasteiger partial charge on any atom is 0.410 e. The first-order valence-corrected chi connectivity index (χ1v) is 12.6. The van der Waals surface area contributed by atoms with Crippen molar-refractivity contribution in [3.05, 3.63) is 59.1 Å². The minimum Gasteiger partial charge on any atom is -0.444 e. The number of nitrogens with zero attached hydrogens (tertiary/aromatic N) is 1. The number of methoxy groups -OCH3 is 1. The molecular formula is C28H38ClNO4. The van der Waals surface area contributed by atoms with Crippen LogP contribution in [0, 0.1) is 5.92 Å². The van der Waals surface area contributed by atoms with Crippen molar-refractivity contribution in [3.63, 3.8) is 0 Å². The summed E-state index contributed by atoms with van der Waals surface area (Å²) in [7, 11) is 1.69. The molecule has 1 fully saturated rings. The molecule has 2 atom stereocenters. The van der Waals surface area contributed by atoms with Crippen LogP contribution in [0.4, 0.5) is 4.79 Å². The highest BCUT2D eigenvalue weighted by atomic mass is 35.5. The Bertz CT molecular complexity index is 957. The van der Waals surface area contributed by atoms with Gasteiger partial charge >= 0.3 is 6.09 Å². The Hall–Kier alpha value is -2.08. The van der Waals surface area contributed by atoms with Gasteiger partial charge in [-0.3, -0.25) is 0 Å². The van der Waals surface area contributed by atoms with E-state index in [0.29, 0.717) is 31.1 Å². The molecule has 2 aromatic rings. The molecule has 2 aromatic carbocycles. The monoisotopic (exact) mass is 487 g/mol. The third kappa shape index (κ3) is 6.53. The highest BCUT2D eigenvalue weighted by Crippen LogP contribution is 2.44. The fourth-order valence-electron chi connectivity index (χ4n) is 4.83. The molecule has 3 rings (SSSR count). The van der Waals surface area contributed by atoms with Gasteiger partial charge in [-0.2, -0.15) is 0 Å². The van der Waals surface area contributed by atoms with Gasteiger partial charge in [0.15, 0.2) is 0 Å². The Labute approximate surface area is 209 Å². The van der Waals surface area contributed by atoms with Crippen LogP contribution in [0.5, 0.6) is 0 Å². The molecule has 6 heteroatoms. The molecule has 0 aromatic heterocycles. The summed E-state index contributed by atoms with van der Waals surface area (Å²) in [6.07, 6.45) is 3.57. The quantitative estimate of drug-likeness (QED) is 0.423. The van der Waals surface area contributed by atoms with E-state index < -0.39 is 11.2 Å². The summed E-state index contributed by atoms with van der Waals surface area (Å²) in [5.41, 5.74) is 1.00. The number of aliphatic hydroxyl groups is 1. The number of rotatable bonds is 8. The van der Waals surface area contributed by atoms with Gasteiger partial charge in [0.2, 0.25) is 0 Å². The van der Waals surface area contributed by atoms with Crippen molar-refractivity contribution in [1.29, 1.82) is 0 Å². The van der Waals surface area contributed by atoms with Crippen molar-refractivity contribution in [2.45, 2.75) is 64.1 Å².